The molecule has 3 rings (SSSR count). The molecule has 0 saturated heterocycles. The van der Waals surface area contributed by atoms with Crippen molar-refractivity contribution in [3.8, 4) is 11.4 Å². The molecule has 0 spiro atoms. The molecule has 9 heteroatoms. The number of hydrogen-bond acceptors (Lipinski definition) is 6. The second-order valence-electron chi connectivity index (χ2n) is 8.54. The van der Waals surface area contributed by atoms with Crippen molar-refractivity contribution in [3.63, 3.8) is 0 Å². The Bertz CT molecular complexity index is 1130. The number of imide groups is 1. The van der Waals surface area contributed by atoms with Crippen molar-refractivity contribution in [1.29, 1.82) is 0 Å². The van der Waals surface area contributed by atoms with Gasteiger partial charge in [0.2, 0.25) is 11.1 Å². The van der Waals surface area contributed by atoms with Crippen LogP contribution in [0.25, 0.3) is 11.4 Å². The topological polar surface area (TPSA) is 115 Å². The number of amides is 3. The maximum atomic E-state index is 12.2. The van der Waals surface area contributed by atoms with Crippen molar-refractivity contribution in [2.45, 2.75) is 45.2 Å². The third-order valence-electron chi connectivity index (χ3n) is 5.11. The van der Waals surface area contributed by atoms with Crippen LogP contribution in [-0.4, -0.2) is 32.6 Å². The molecule has 1 aromatic heterocycles. The molecule has 0 aliphatic rings. The van der Waals surface area contributed by atoms with E-state index in [0.29, 0.717) is 16.7 Å². The Hall–Kier alpha value is -3.33. The van der Waals surface area contributed by atoms with Crippen molar-refractivity contribution >= 4 is 29.4 Å². The van der Waals surface area contributed by atoms with Crippen LogP contribution in [0.15, 0.2) is 47.6 Å². The summed E-state index contributed by atoms with van der Waals surface area (Å²) in [5.41, 5.74) is 4.74. The highest BCUT2D eigenvalue weighted by Crippen LogP contribution is 2.26. The molecule has 32 heavy (non-hydrogen) atoms. The second kappa shape index (κ2) is 9.44. The van der Waals surface area contributed by atoms with Gasteiger partial charge in [-0.25, -0.2) is 9.47 Å². The smallest absolute Gasteiger partial charge is 0.325 e. The summed E-state index contributed by atoms with van der Waals surface area (Å²) >= 11 is 1.10. The molecule has 0 aliphatic carbocycles. The van der Waals surface area contributed by atoms with Gasteiger partial charge in [-0.15, -0.1) is 10.2 Å². The predicted molar refractivity (Wildman–Crippen MR) is 128 cm³/mol. The fourth-order valence-electron chi connectivity index (χ4n) is 3.02. The molecule has 0 aliphatic heterocycles. The summed E-state index contributed by atoms with van der Waals surface area (Å²) in [5, 5.41) is 13.6. The third kappa shape index (κ3) is 5.47. The van der Waals surface area contributed by atoms with E-state index < -0.39 is 11.9 Å². The van der Waals surface area contributed by atoms with Crippen LogP contribution < -0.4 is 16.5 Å². The summed E-state index contributed by atoms with van der Waals surface area (Å²) in [6.07, 6.45) is 0. The van der Waals surface area contributed by atoms with Crippen LogP contribution in [0.3, 0.4) is 0 Å². The molecule has 0 atom stereocenters. The van der Waals surface area contributed by atoms with Gasteiger partial charge >= 0.3 is 6.03 Å². The van der Waals surface area contributed by atoms with E-state index in [4.69, 9.17) is 5.84 Å². The number of urea groups is 1. The molecule has 2 aromatic carbocycles. The van der Waals surface area contributed by atoms with Crippen molar-refractivity contribution in [3.05, 3.63) is 59.2 Å². The molecule has 168 valence electrons. The summed E-state index contributed by atoms with van der Waals surface area (Å²) < 4.78 is 1.35. The maximum Gasteiger partial charge on any atom is 0.325 e. The number of thioether (sulfide) groups is 1. The van der Waals surface area contributed by atoms with Gasteiger partial charge in [0.1, 0.15) is 0 Å². The summed E-state index contributed by atoms with van der Waals surface area (Å²) in [5.74, 6) is 6.15. The average molecular weight is 453 g/mol. The number of aromatic nitrogens is 3. The van der Waals surface area contributed by atoms with Gasteiger partial charge in [-0.05, 0) is 42.0 Å². The molecular weight excluding hydrogens is 424 g/mol. The number of nitrogens with two attached hydrogens (primary N) is 1. The van der Waals surface area contributed by atoms with Crippen molar-refractivity contribution in [1.82, 2.24) is 20.2 Å². The summed E-state index contributed by atoms with van der Waals surface area (Å²) in [7, 11) is 0. The van der Waals surface area contributed by atoms with Crippen LogP contribution in [0.4, 0.5) is 10.5 Å². The molecule has 0 radical (unpaired) electrons. The molecule has 3 amide bonds. The van der Waals surface area contributed by atoms with Gasteiger partial charge < -0.3 is 11.2 Å². The highest BCUT2D eigenvalue weighted by molar-refractivity contribution is 7.99. The summed E-state index contributed by atoms with van der Waals surface area (Å²) in [6, 6.07) is 13.0. The number of carbonyl (C=O) groups is 2. The molecule has 0 bridgehead atoms. The zero-order chi connectivity index (χ0) is 23.5. The second-order valence-corrected chi connectivity index (χ2v) is 9.48. The normalized spacial score (nSPS) is 11.3. The lowest BCUT2D eigenvalue weighted by Gasteiger charge is -2.19. The highest BCUT2D eigenvalue weighted by atomic mass is 32.2. The van der Waals surface area contributed by atoms with Gasteiger partial charge in [0.15, 0.2) is 5.82 Å². The fraction of sp³-hybridized carbons (Fsp3) is 0.304. The van der Waals surface area contributed by atoms with Gasteiger partial charge in [-0.2, -0.15) is 0 Å². The number of aryl methyl sites for hydroxylation is 1. The SMILES string of the molecule is Cc1cccc(NC(=O)NC(=O)CSc2nnc(-c3ccc(C(C)(C)C)cc3)n2N)c1C. The lowest BCUT2D eigenvalue weighted by Crippen LogP contribution is -2.35. The Labute approximate surface area is 192 Å². The van der Waals surface area contributed by atoms with E-state index in [-0.39, 0.29) is 11.2 Å². The van der Waals surface area contributed by atoms with Gasteiger partial charge in [-0.3, -0.25) is 10.1 Å². The lowest BCUT2D eigenvalue weighted by atomic mass is 9.87. The molecule has 0 saturated carbocycles. The van der Waals surface area contributed by atoms with E-state index in [2.05, 4.69) is 41.6 Å². The minimum Gasteiger partial charge on any atom is -0.335 e. The summed E-state index contributed by atoms with van der Waals surface area (Å²) in [4.78, 5) is 24.3. The average Bonchev–Trinajstić information content (AvgIpc) is 3.09. The van der Waals surface area contributed by atoms with Crippen molar-refractivity contribution < 1.29 is 9.59 Å². The van der Waals surface area contributed by atoms with Gasteiger partial charge in [-0.1, -0.05) is 68.9 Å². The van der Waals surface area contributed by atoms with Crippen LogP contribution in [0, 0.1) is 13.8 Å². The van der Waals surface area contributed by atoms with Crippen LogP contribution in [0.1, 0.15) is 37.5 Å². The number of carbonyl (C=O) groups excluding carboxylic acids is 2. The van der Waals surface area contributed by atoms with E-state index in [0.717, 1.165) is 28.5 Å². The first-order chi connectivity index (χ1) is 15.1. The molecule has 1 heterocycles. The number of anilines is 1. The Morgan fingerprint density at radius 1 is 1.06 bits per heavy atom. The number of hydrogen-bond donors (Lipinski definition) is 3. The van der Waals surface area contributed by atoms with Gasteiger partial charge in [0.05, 0.1) is 5.75 Å². The van der Waals surface area contributed by atoms with E-state index in [9.17, 15) is 9.59 Å². The Morgan fingerprint density at radius 3 is 2.41 bits per heavy atom. The highest BCUT2D eigenvalue weighted by Gasteiger charge is 2.17. The van der Waals surface area contributed by atoms with E-state index in [1.807, 2.05) is 50.2 Å². The number of nitrogens with one attached hydrogen (secondary N) is 2. The van der Waals surface area contributed by atoms with E-state index in [1.54, 1.807) is 6.07 Å². The standard InChI is InChI=1S/C23H28N6O2S/c1-14-7-6-8-18(15(14)2)25-21(31)26-19(30)13-32-22-28-27-20(29(22)24)16-9-11-17(12-10-16)23(3,4)5/h6-12H,13,24H2,1-5H3,(H2,25,26,30,31). The van der Waals surface area contributed by atoms with Crippen molar-refractivity contribution in [2.24, 2.45) is 0 Å². The van der Waals surface area contributed by atoms with Gasteiger partial charge in [0.25, 0.3) is 0 Å². The molecule has 0 fully saturated rings. The third-order valence-corrected chi connectivity index (χ3v) is 6.05. The van der Waals surface area contributed by atoms with Crippen LogP contribution >= 0.6 is 11.8 Å². The first-order valence-corrected chi connectivity index (χ1v) is 11.2. The fourth-order valence-corrected chi connectivity index (χ4v) is 3.68. The zero-order valence-electron chi connectivity index (χ0n) is 18.9. The Kier molecular flexibility index (Phi) is 6.88. The largest absolute Gasteiger partial charge is 0.335 e. The van der Waals surface area contributed by atoms with Crippen LogP contribution in [0.5, 0.6) is 0 Å². The van der Waals surface area contributed by atoms with Crippen molar-refractivity contribution in [2.75, 3.05) is 16.9 Å². The van der Waals surface area contributed by atoms with Crippen LogP contribution in [0.2, 0.25) is 0 Å². The number of nitrogen functional groups attached to an aromatic ring is 1. The Balaban J connectivity index is 1.58. The number of rotatable bonds is 5. The predicted octanol–water partition coefficient (Wildman–Crippen LogP) is 4.01. The minimum atomic E-state index is -0.585. The minimum absolute atomic E-state index is 0.0293. The first-order valence-electron chi connectivity index (χ1n) is 10.2. The zero-order valence-corrected chi connectivity index (χ0v) is 19.7. The first kappa shape index (κ1) is 23.3. The summed E-state index contributed by atoms with van der Waals surface area (Å²) in [6.45, 7) is 10.3. The molecular formula is C23H28N6O2S. The van der Waals surface area contributed by atoms with E-state index in [1.165, 1.54) is 10.2 Å². The lowest BCUT2D eigenvalue weighted by molar-refractivity contribution is -0.117. The Morgan fingerprint density at radius 2 is 1.75 bits per heavy atom. The molecule has 3 aromatic rings. The quantitative estimate of drug-likeness (QED) is 0.398. The maximum absolute atomic E-state index is 12.2. The molecule has 8 nitrogen and oxygen atoms in total. The number of benzene rings is 2. The van der Waals surface area contributed by atoms with E-state index >= 15 is 0 Å². The molecule has 0 unspecified atom stereocenters. The molecule has 4 N–H and O–H groups in total. The van der Waals surface area contributed by atoms with Gasteiger partial charge in [0, 0.05) is 11.3 Å². The monoisotopic (exact) mass is 452 g/mol. The van der Waals surface area contributed by atoms with Crippen LogP contribution in [-0.2, 0) is 10.2 Å². The number of nitrogens with zero attached hydrogens (tertiary/aromatic N) is 3.